The fourth-order valence-electron chi connectivity index (χ4n) is 1.64. The zero-order chi connectivity index (χ0) is 14.5. The van der Waals surface area contributed by atoms with Crippen molar-refractivity contribution < 1.29 is 9.53 Å². The number of nitrogen functional groups attached to an aromatic ring is 1. The number of carbonyl (C=O) groups excluding carboxylic acids is 1. The number of rotatable bonds is 5. The highest BCUT2D eigenvalue weighted by Gasteiger charge is 2.21. The van der Waals surface area contributed by atoms with Gasteiger partial charge in [-0.1, -0.05) is 0 Å². The van der Waals surface area contributed by atoms with Gasteiger partial charge in [-0.05, 0) is 6.07 Å². The molecule has 3 N–H and O–H groups in total. The summed E-state index contributed by atoms with van der Waals surface area (Å²) in [6.45, 7) is 1.21. The Morgan fingerprint density at radius 1 is 1.70 bits per heavy atom. The van der Waals surface area contributed by atoms with E-state index in [1.807, 2.05) is 18.3 Å². The van der Waals surface area contributed by atoms with Gasteiger partial charge in [0.25, 0.3) is 0 Å². The van der Waals surface area contributed by atoms with Gasteiger partial charge in [-0.2, -0.15) is 10.4 Å². The Morgan fingerprint density at radius 2 is 2.50 bits per heavy atom. The van der Waals surface area contributed by atoms with Crippen molar-refractivity contribution >= 4 is 28.0 Å². The number of aromatic nitrogens is 2. The maximum absolute atomic E-state index is 11.5. The van der Waals surface area contributed by atoms with E-state index in [2.05, 4.69) is 15.2 Å². The van der Waals surface area contributed by atoms with Crippen LogP contribution in [0, 0.1) is 11.3 Å². The van der Waals surface area contributed by atoms with E-state index >= 15 is 0 Å². The summed E-state index contributed by atoms with van der Waals surface area (Å²) in [4.78, 5) is 11.8. The van der Waals surface area contributed by atoms with Crippen molar-refractivity contribution in [2.24, 2.45) is 0 Å². The Labute approximate surface area is 119 Å². The molecular formula is C12H13N5O2S. The lowest BCUT2D eigenvalue weighted by Crippen LogP contribution is -2.10. The minimum absolute atomic E-state index is 0.158. The number of hydrogen-bond acceptors (Lipinski definition) is 7. The van der Waals surface area contributed by atoms with E-state index < -0.39 is 5.97 Å². The van der Waals surface area contributed by atoms with Gasteiger partial charge >= 0.3 is 5.97 Å². The van der Waals surface area contributed by atoms with Crippen molar-refractivity contribution in [3.05, 3.63) is 28.9 Å². The molecule has 2 heterocycles. The second-order valence-electron chi connectivity index (χ2n) is 3.85. The molecule has 0 spiro atoms. The maximum Gasteiger partial charge on any atom is 0.350 e. The topological polar surface area (TPSA) is 106 Å². The summed E-state index contributed by atoms with van der Waals surface area (Å²) >= 11 is 1.12. The summed E-state index contributed by atoms with van der Waals surface area (Å²) in [6.07, 6.45) is 3.54. The van der Waals surface area contributed by atoms with Gasteiger partial charge in [0.15, 0.2) is 0 Å². The van der Waals surface area contributed by atoms with Gasteiger partial charge in [0, 0.05) is 18.9 Å². The lowest BCUT2D eigenvalue weighted by atomic mass is 10.2. The number of carbonyl (C=O) groups is 1. The molecule has 0 atom stereocenters. The molecule has 0 fully saturated rings. The van der Waals surface area contributed by atoms with Crippen LogP contribution < -0.4 is 11.1 Å². The van der Waals surface area contributed by atoms with Crippen molar-refractivity contribution in [3.63, 3.8) is 0 Å². The monoisotopic (exact) mass is 291 g/mol. The van der Waals surface area contributed by atoms with Crippen LogP contribution in [0.2, 0.25) is 0 Å². The van der Waals surface area contributed by atoms with Crippen LogP contribution >= 0.6 is 11.3 Å². The highest BCUT2D eigenvalue weighted by molar-refractivity contribution is 7.18. The summed E-state index contributed by atoms with van der Waals surface area (Å²) in [5, 5.41) is 16.8. The molecule has 2 rings (SSSR count). The molecule has 0 unspecified atom stereocenters. The second kappa shape index (κ2) is 6.08. The normalized spacial score (nSPS) is 10.0. The molecule has 0 aliphatic carbocycles. The Balaban J connectivity index is 2.11. The van der Waals surface area contributed by atoms with E-state index in [1.54, 1.807) is 10.9 Å². The van der Waals surface area contributed by atoms with Crippen LogP contribution in [0.1, 0.15) is 15.2 Å². The van der Waals surface area contributed by atoms with Crippen LogP contribution in [0.4, 0.5) is 10.7 Å². The highest BCUT2D eigenvalue weighted by Crippen LogP contribution is 2.35. The van der Waals surface area contributed by atoms with E-state index in [1.165, 1.54) is 7.11 Å². The molecule has 2 aromatic heterocycles. The molecule has 20 heavy (non-hydrogen) atoms. The molecule has 0 aliphatic rings. The van der Waals surface area contributed by atoms with Gasteiger partial charge < -0.3 is 15.8 Å². The van der Waals surface area contributed by atoms with Gasteiger partial charge in [-0.3, -0.25) is 4.68 Å². The molecule has 2 aromatic rings. The van der Waals surface area contributed by atoms with Gasteiger partial charge in [0.2, 0.25) is 0 Å². The number of methoxy groups -OCH3 is 1. The average molecular weight is 291 g/mol. The quantitative estimate of drug-likeness (QED) is 0.804. The lowest BCUT2D eigenvalue weighted by Gasteiger charge is -2.04. The number of esters is 1. The third-order valence-corrected chi connectivity index (χ3v) is 3.76. The van der Waals surface area contributed by atoms with E-state index in [0.29, 0.717) is 18.1 Å². The standard InChI is InChI=1S/C12H13N5O2S/c1-19-12(18)10-9(14)8(7-13)11(20-10)15-4-6-17-5-2-3-16-17/h2-3,5,15H,4,6,14H2,1H3. The predicted octanol–water partition coefficient (Wildman–Crippen LogP) is 1.30. The molecule has 0 bridgehead atoms. The average Bonchev–Trinajstić information content (AvgIpc) is 3.06. The number of hydrogen-bond donors (Lipinski definition) is 2. The smallest absolute Gasteiger partial charge is 0.350 e. The molecule has 8 heteroatoms. The fourth-order valence-corrected chi connectivity index (χ4v) is 2.66. The van der Waals surface area contributed by atoms with Gasteiger partial charge in [-0.15, -0.1) is 11.3 Å². The summed E-state index contributed by atoms with van der Waals surface area (Å²) in [7, 11) is 1.28. The minimum atomic E-state index is -0.538. The Morgan fingerprint density at radius 3 is 3.10 bits per heavy atom. The van der Waals surface area contributed by atoms with E-state index in [9.17, 15) is 4.79 Å². The van der Waals surface area contributed by atoms with Crippen molar-refractivity contribution in [3.8, 4) is 6.07 Å². The van der Waals surface area contributed by atoms with Gasteiger partial charge in [0.05, 0.1) is 19.3 Å². The first-order valence-electron chi connectivity index (χ1n) is 5.79. The predicted molar refractivity (Wildman–Crippen MR) is 75.5 cm³/mol. The molecule has 0 saturated heterocycles. The molecule has 0 radical (unpaired) electrons. The van der Waals surface area contributed by atoms with Crippen LogP contribution in [0.25, 0.3) is 0 Å². The molecule has 0 saturated carbocycles. The number of anilines is 2. The number of nitrogens with one attached hydrogen (secondary N) is 1. The number of nitrogens with two attached hydrogens (primary N) is 1. The summed E-state index contributed by atoms with van der Waals surface area (Å²) < 4.78 is 6.39. The summed E-state index contributed by atoms with van der Waals surface area (Å²) in [5.41, 5.74) is 6.22. The zero-order valence-corrected chi connectivity index (χ0v) is 11.6. The number of nitriles is 1. The van der Waals surface area contributed by atoms with E-state index in [4.69, 9.17) is 11.0 Å². The maximum atomic E-state index is 11.5. The second-order valence-corrected chi connectivity index (χ2v) is 4.87. The number of nitrogens with zero attached hydrogens (tertiary/aromatic N) is 3. The summed E-state index contributed by atoms with van der Waals surface area (Å²) in [5.74, 6) is -0.538. The first-order valence-corrected chi connectivity index (χ1v) is 6.61. The molecule has 0 aromatic carbocycles. The van der Waals surface area contributed by atoms with Crippen LogP contribution in [-0.4, -0.2) is 29.4 Å². The first-order chi connectivity index (χ1) is 9.67. The number of thiophene rings is 1. The van der Waals surface area contributed by atoms with E-state index in [0.717, 1.165) is 11.3 Å². The molecule has 0 aliphatic heterocycles. The third-order valence-electron chi connectivity index (χ3n) is 2.61. The van der Waals surface area contributed by atoms with Crippen LogP contribution in [-0.2, 0) is 11.3 Å². The van der Waals surface area contributed by atoms with Gasteiger partial charge in [0.1, 0.15) is 21.5 Å². The highest BCUT2D eigenvalue weighted by atomic mass is 32.1. The Bertz CT molecular complexity index is 642. The SMILES string of the molecule is COC(=O)c1sc(NCCn2cccn2)c(C#N)c1N. The van der Waals surface area contributed by atoms with Crippen molar-refractivity contribution in [2.75, 3.05) is 24.7 Å². The Kier molecular flexibility index (Phi) is 4.22. The van der Waals surface area contributed by atoms with Crippen molar-refractivity contribution in [2.45, 2.75) is 6.54 Å². The zero-order valence-electron chi connectivity index (χ0n) is 10.8. The largest absolute Gasteiger partial charge is 0.465 e. The fraction of sp³-hybridized carbons (Fsp3) is 0.250. The van der Waals surface area contributed by atoms with Crippen LogP contribution in [0.5, 0.6) is 0 Å². The third kappa shape index (κ3) is 2.73. The van der Waals surface area contributed by atoms with Crippen LogP contribution in [0.3, 0.4) is 0 Å². The number of ether oxygens (including phenoxy) is 1. The molecular weight excluding hydrogens is 278 g/mol. The molecule has 104 valence electrons. The van der Waals surface area contributed by atoms with Crippen molar-refractivity contribution in [1.82, 2.24) is 9.78 Å². The van der Waals surface area contributed by atoms with Crippen LogP contribution in [0.15, 0.2) is 18.5 Å². The summed E-state index contributed by atoms with van der Waals surface area (Å²) in [6, 6.07) is 3.83. The van der Waals surface area contributed by atoms with E-state index in [-0.39, 0.29) is 16.1 Å². The first kappa shape index (κ1) is 13.9. The minimum Gasteiger partial charge on any atom is -0.465 e. The Hall–Kier alpha value is -2.53. The lowest BCUT2D eigenvalue weighted by molar-refractivity contribution is 0.0607. The van der Waals surface area contributed by atoms with Crippen molar-refractivity contribution in [1.29, 1.82) is 5.26 Å². The molecule has 0 amide bonds. The van der Waals surface area contributed by atoms with Gasteiger partial charge in [-0.25, -0.2) is 4.79 Å². The molecule has 7 nitrogen and oxygen atoms in total.